The maximum Gasteiger partial charge on any atom is 0.0221 e. The molecule has 16 heavy (non-hydrogen) atoms. The number of hydrogen-bond acceptors (Lipinski definition) is 2. The minimum absolute atomic E-state index is 0. The Bertz CT molecular complexity index is 181. The van der Waals surface area contributed by atoms with Crippen LogP contribution in [-0.4, -0.2) is 37.6 Å². The standard InChI is InChI=1S/C13H26N2.ClH/c1-14-10-13-8-5-9-15(13)11-12-6-3-2-4-7-12;/h12-14H,2-11H2,1H3;1H. The van der Waals surface area contributed by atoms with Crippen LogP contribution in [0.25, 0.3) is 0 Å². The zero-order chi connectivity index (χ0) is 10.5. The summed E-state index contributed by atoms with van der Waals surface area (Å²) in [6.45, 7) is 3.92. The largest absolute Gasteiger partial charge is 0.318 e. The maximum absolute atomic E-state index is 3.34. The number of nitrogens with one attached hydrogen (secondary N) is 1. The Morgan fingerprint density at radius 1 is 1.06 bits per heavy atom. The Balaban J connectivity index is 0.00000128. The summed E-state index contributed by atoms with van der Waals surface area (Å²) in [4.78, 5) is 2.74. The Morgan fingerprint density at radius 2 is 1.81 bits per heavy atom. The number of likely N-dealkylation sites (N-methyl/N-ethyl adjacent to an activating group) is 1. The van der Waals surface area contributed by atoms with Crippen LogP contribution in [-0.2, 0) is 0 Å². The molecule has 1 unspecified atom stereocenters. The summed E-state index contributed by atoms with van der Waals surface area (Å²) in [7, 11) is 2.08. The van der Waals surface area contributed by atoms with Crippen molar-refractivity contribution in [2.24, 2.45) is 5.92 Å². The second-order valence-corrected chi connectivity index (χ2v) is 5.35. The normalized spacial score (nSPS) is 27.9. The monoisotopic (exact) mass is 246 g/mol. The lowest BCUT2D eigenvalue weighted by atomic mass is 9.89. The smallest absolute Gasteiger partial charge is 0.0221 e. The van der Waals surface area contributed by atoms with Crippen molar-refractivity contribution < 1.29 is 0 Å². The van der Waals surface area contributed by atoms with E-state index in [9.17, 15) is 0 Å². The summed E-state index contributed by atoms with van der Waals surface area (Å²) in [5.41, 5.74) is 0. The first-order valence-electron chi connectivity index (χ1n) is 6.79. The molecule has 0 aromatic rings. The van der Waals surface area contributed by atoms with Crippen LogP contribution in [0.4, 0.5) is 0 Å². The number of rotatable bonds is 4. The number of nitrogens with zero attached hydrogens (tertiary/aromatic N) is 1. The molecule has 0 amide bonds. The van der Waals surface area contributed by atoms with Gasteiger partial charge < -0.3 is 5.32 Å². The van der Waals surface area contributed by atoms with E-state index in [0.717, 1.165) is 12.0 Å². The summed E-state index contributed by atoms with van der Waals surface area (Å²) < 4.78 is 0. The highest BCUT2D eigenvalue weighted by molar-refractivity contribution is 5.85. The van der Waals surface area contributed by atoms with Crippen LogP contribution in [0.15, 0.2) is 0 Å². The van der Waals surface area contributed by atoms with Crippen molar-refractivity contribution in [1.29, 1.82) is 0 Å². The molecule has 1 saturated heterocycles. The molecule has 1 atom stereocenters. The second kappa shape index (κ2) is 7.52. The van der Waals surface area contributed by atoms with Gasteiger partial charge in [0.15, 0.2) is 0 Å². The number of halogens is 1. The minimum Gasteiger partial charge on any atom is -0.318 e. The van der Waals surface area contributed by atoms with Crippen molar-refractivity contribution in [3.05, 3.63) is 0 Å². The van der Waals surface area contributed by atoms with Crippen molar-refractivity contribution in [3.63, 3.8) is 0 Å². The van der Waals surface area contributed by atoms with Crippen LogP contribution in [0, 0.1) is 5.92 Å². The van der Waals surface area contributed by atoms with Crippen LogP contribution < -0.4 is 5.32 Å². The molecule has 0 radical (unpaired) electrons. The van der Waals surface area contributed by atoms with Gasteiger partial charge in [0.05, 0.1) is 0 Å². The van der Waals surface area contributed by atoms with Gasteiger partial charge in [-0.05, 0) is 45.2 Å². The van der Waals surface area contributed by atoms with E-state index in [1.807, 2.05) is 0 Å². The van der Waals surface area contributed by atoms with E-state index in [4.69, 9.17) is 0 Å². The maximum atomic E-state index is 3.34. The molecular weight excluding hydrogens is 220 g/mol. The third-order valence-electron chi connectivity index (χ3n) is 4.16. The van der Waals surface area contributed by atoms with Crippen LogP contribution in [0.5, 0.6) is 0 Å². The highest BCUT2D eigenvalue weighted by Crippen LogP contribution is 2.27. The molecule has 2 fully saturated rings. The quantitative estimate of drug-likeness (QED) is 0.821. The molecule has 0 spiro atoms. The Hall–Kier alpha value is 0.210. The average Bonchev–Trinajstić information content (AvgIpc) is 2.68. The van der Waals surface area contributed by atoms with Crippen molar-refractivity contribution in [3.8, 4) is 0 Å². The summed E-state index contributed by atoms with van der Waals surface area (Å²) in [6.07, 6.45) is 10.2. The summed E-state index contributed by atoms with van der Waals surface area (Å²) in [5.74, 6) is 1.01. The van der Waals surface area contributed by atoms with Gasteiger partial charge in [-0.1, -0.05) is 19.3 Å². The molecule has 0 aromatic carbocycles. The third kappa shape index (κ3) is 3.90. The molecule has 1 saturated carbocycles. The van der Waals surface area contributed by atoms with E-state index >= 15 is 0 Å². The second-order valence-electron chi connectivity index (χ2n) is 5.35. The lowest BCUT2D eigenvalue weighted by molar-refractivity contribution is 0.186. The van der Waals surface area contributed by atoms with Gasteiger partial charge in [0, 0.05) is 19.1 Å². The van der Waals surface area contributed by atoms with Crippen LogP contribution in [0.3, 0.4) is 0 Å². The Kier molecular flexibility index (Phi) is 6.71. The van der Waals surface area contributed by atoms with E-state index in [2.05, 4.69) is 17.3 Å². The average molecular weight is 247 g/mol. The van der Waals surface area contributed by atoms with Gasteiger partial charge in [-0.15, -0.1) is 12.4 Å². The van der Waals surface area contributed by atoms with E-state index in [1.54, 1.807) is 0 Å². The summed E-state index contributed by atoms with van der Waals surface area (Å²) in [5, 5.41) is 3.34. The van der Waals surface area contributed by atoms with Gasteiger partial charge in [-0.3, -0.25) is 4.90 Å². The zero-order valence-corrected chi connectivity index (χ0v) is 11.4. The molecule has 96 valence electrons. The lowest BCUT2D eigenvalue weighted by Gasteiger charge is -2.30. The molecule has 0 bridgehead atoms. The highest BCUT2D eigenvalue weighted by atomic mass is 35.5. The molecule has 2 rings (SSSR count). The fourth-order valence-electron chi connectivity index (χ4n) is 3.30. The highest BCUT2D eigenvalue weighted by Gasteiger charge is 2.26. The van der Waals surface area contributed by atoms with Crippen LogP contribution >= 0.6 is 12.4 Å². The fraction of sp³-hybridized carbons (Fsp3) is 1.00. The van der Waals surface area contributed by atoms with Gasteiger partial charge >= 0.3 is 0 Å². The molecule has 1 N–H and O–H groups in total. The number of likely N-dealkylation sites (tertiary alicyclic amines) is 1. The molecule has 1 aliphatic heterocycles. The van der Waals surface area contributed by atoms with Gasteiger partial charge in [0.1, 0.15) is 0 Å². The van der Waals surface area contributed by atoms with Gasteiger partial charge in [-0.25, -0.2) is 0 Å². The first kappa shape index (κ1) is 14.3. The topological polar surface area (TPSA) is 15.3 Å². The van der Waals surface area contributed by atoms with Crippen molar-refractivity contribution in [1.82, 2.24) is 10.2 Å². The Morgan fingerprint density at radius 3 is 2.50 bits per heavy atom. The summed E-state index contributed by atoms with van der Waals surface area (Å²) in [6, 6.07) is 0.830. The first-order valence-corrected chi connectivity index (χ1v) is 6.79. The molecule has 1 aliphatic carbocycles. The Labute approximate surface area is 107 Å². The molecule has 3 heteroatoms. The molecule has 1 heterocycles. The molecule has 2 aliphatic rings. The van der Waals surface area contributed by atoms with Crippen LogP contribution in [0.2, 0.25) is 0 Å². The van der Waals surface area contributed by atoms with Crippen molar-refractivity contribution in [2.45, 2.75) is 51.0 Å². The number of hydrogen-bond donors (Lipinski definition) is 1. The predicted octanol–water partition coefficient (Wildman–Crippen LogP) is 2.67. The van der Waals surface area contributed by atoms with E-state index in [-0.39, 0.29) is 12.4 Å². The summed E-state index contributed by atoms with van der Waals surface area (Å²) >= 11 is 0. The van der Waals surface area contributed by atoms with E-state index in [0.29, 0.717) is 0 Å². The molecular formula is C13H27ClN2. The fourth-order valence-corrected chi connectivity index (χ4v) is 3.30. The minimum atomic E-state index is 0. The van der Waals surface area contributed by atoms with Crippen molar-refractivity contribution in [2.75, 3.05) is 26.7 Å². The lowest BCUT2D eigenvalue weighted by Crippen LogP contribution is -2.39. The van der Waals surface area contributed by atoms with Gasteiger partial charge in [0.25, 0.3) is 0 Å². The third-order valence-corrected chi connectivity index (χ3v) is 4.16. The van der Waals surface area contributed by atoms with Gasteiger partial charge in [-0.2, -0.15) is 0 Å². The van der Waals surface area contributed by atoms with Crippen molar-refractivity contribution >= 4 is 12.4 Å². The zero-order valence-electron chi connectivity index (χ0n) is 10.6. The van der Waals surface area contributed by atoms with E-state index in [1.165, 1.54) is 64.6 Å². The first-order chi connectivity index (χ1) is 7.40. The SMILES string of the molecule is CNCC1CCCN1CC1CCCCC1.Cl. The van der Waals surface area contributed by atoms with Crippen LogP contribution in [0.1, 0.15) is 44.9 Å². The molecule has 2 nitrogen and oxygen atoms in total. The van der Waals surface area contributed by atoms with E-state index < -0.39 is 0 Å². The predicted molar refractivity (Wildman–Crippen MR) is 72.3 cm³/mol. The molecule has 0 aromatic heterocycles. The van der Waals surface area contributed by atoms with Gasteiger partial charge in [0.2, 0.25) is 0 Å².